The Morgan fingerprint density at radius 2 is 1.88 bits per heavy atom. The molecule has 1 amide bonds. The number of carbonyl (C=O) groups excluding carboxylic acids is 2. The Kier molecular flexibility index (Phi) is 6.26. The van der Waals surface area contributed by atoms with E-state index in [1.807, 2.05) is 30.3 Å². The summed E-state index contributed by atoms with van der Waals surface area (Å²) in [5, 5.41) is 13.4. The number of carbonyl (C=O) groups is 2. The van der Waals surface area contributed by atoms with Crippen molar-refractivity contribution in [3.05, 3.63) is 69.8 Å². The number of nitro groups is 1. The quantitative estimate of drug-likeness (QED) is 0.463. The lowest BCUT2D eigenvalue weighted by Gasteiger charge is -2.14. The highest BCUT2D eigenvalue weighted by Gasteiger charge is 2.19. The molecule has 2 aromatic carbocycles. The monoisotopic (exact) mass is 358 g/mol. The molecule has 136 valence electrons. The largest absolute Gasteiger partial charge is 0.490 e. The first kappa shape index (κ1) is 18.9. The van der Waals surface area contributed by atoms with Gasteiger partial charge in [0.15, 0.2) is 5.75 Å². The predicted octanol–water partition coefficient (Wildman–Crippen LogP) is 2.64. The van der Waals surface area contributed by atoms with Crippen LogP contribution in [0.25, 0.3) is 0 Å². The van der Waals surface area contributed by atoms with Gasteiger partial charge in [0.05, 0.1) is 12.0 Å². The minimum absolute atomic E-state index is 0.0430. The second kappa shape index (κ2) is 8.61. The van der Waals surface area contributed by atoms with E-state index < -0.39 is 22.9 Å². The number of benzene rings is 2. The number of methoxy groups -OCH3 is 1. The molecule has 26 heavy (non-hydrogen) atoms. The second-order valence-corrected chi connectivity index (χ2v) is 5.37. The number of amides is 1. The SMILES string of the molecule is COc1ccc(C(=O)NCC(=O)O[C@@H](C)c2ccccc2)cc1[N+](=O)[O-]. The Morgan fingerprint density at radius 1 is 1.19 bits per heavy atom. The van der Waals surface area contributed by atoms with E-state index in [0.29, 0.717) is 0 Å². The molecule has 0 spiro atoms. The Labute approximate surface area is 149 Å². The van der Waals surface area contributed by atoms with E-state index in [-0.39, 0.29) is 23.5 Å². The molecule has 2 aromatic rings. The zero-order valence-electron chi connectivity index (χ0n) is 14.3. The van der Waals surface area contributed by atoms with Gasteiger partial charge >= 0.3 is 11.7 Å². The van der Waals surface area contributed by atoms with E-state index in [4.69, 9.17) is 9.47 Å². The van der Waals surface area contributed by atoms with Gasteiger partial charge in [0, 0.05) is 11.6 Å². The third kappa shape index (κ3) is 4.79. The van der Waals surface area contributed by atoms with Crippen LogP contribution in [0.2, 0.25) is 0 Å². The number of nitro benzene ring substituents is 1. The summed E-state index contributed by atoms with van der Waals surface area (Å²) in [5.41, 5.74) is 0.541. The average molecular weight is 358 g/mol. The van der Waals surface area contributed by atoms with E-state index in [0.717, 1.165) is 11.6 Å². The highest BCUT2D eigenvalue weighted by molar-refractivity contribution is 5.96. The van der Waals surface area contributed by atoms with Gasteiger partial charge in [0.2, 0.25) is 0 Å². The molecule has 0 saturated carbocycles. The van der Waals surface area contributed by atoms with Crippen LogP contribution < -0.4 is 10.1 Å². The smallest absolute Gasteiger partial charge is 0.326 e. The van der Waals surface area contributed by atoms with Gasteiger partial charge in [-0.05, 0) is 24.6 Å². The van der Waals surface area contributed by atoms with E-state index in [2.05, 4.69) is 5.32 Å². The standard InChI is InChI=1S/C18H18N2O6/c1-12(13-6-4-3-5-7-13)26-17(21)11-19-18(22)14-8-9-16(25-2)15(10-14)20(23)24/h3-10,12H,11H2,1-2H3,(H,19,22)/t12-/m0/s1. The van der Waals surface area contributed by atoms with Crippen LogP contribution in [0.1, 0.15) is 28.9 Å². The van der Waals surface area contributed by atoms with Crippen molar-refractivity contribution in [2.75, 3.05) is 13.7 Å². The molecule has 0 bridgehead atoms. The maximum absolute atomic E-state index is 12.1. The normalized spacial score (nSPS) is 11.3. The Bertz CT molecular complexity index is 807. The topological polar surface area (TPSA) is 108 Å². The zero-order valence-corrected chi connectivity index (χ0v) is 14.3. The Hall–Kier alpha value is -3.42. The maximum Gasteiger partial charge on any atom is 0.326 e. The van der Waals surface area contributed by atoms with Crippen molar-refractivity contribution < 1.29 is 24.0 Å². The molecule has 0 fully saturated rings. The van der Waals surface area contributed by atoms with Crippen molar-refractivity contribution in [2.24, 2.45) is 0 Å². The van der Waals surface area contributed by atoms with Crippen molar-refractivity contribution in [3.63, 3.8) is 0 Å². The van der Waals surface area contributed by atoms with E-state index in [1.165, 1.54) is 19.2 Å². The predicted molar refractivity (Wildman–Crippen MR) is 92.9 cm³/mol. The summed E-state index contributed by atoms with van der Waals surface area (Å²) in [5.74, 6) is -1.19. The van der Waals surface area contributed by atoms with Crippen molar-refractivity contribution in [3.8, 4) is 5.75 Å². The van der Waals surface area contributed by atoms with Gasteiger partial charge in [-0.25, -0.2) is 0 Å². The van der Waals surface area contributed by atoms with Gasteiger partial charge in [0.1, 0.15) is 12.6 Å². The lowest BCUT2D eigenvalue weighted by atomic mass is 10.1. The molecule has 0 radical (unpaired) electrons. The average Bonchev–Trinajstić information content (AvgIpc) is 2.66. The number of nitrogens with one attached hydrogen (secondary N) is 1. The van der Waals surface area contributed by atoms with E-state index in [1.54, 1.807) is 6.92 Å². The van der Waals surface area contributed by atoms with Crippen LogP contribution in [0.5, 0.6) is 5.75 Å². The molecular weight excluding hydrogens is 340 g/mol. The van der Waals surface area contributed by atoms with Gasteiger partial charge in [-0.3, -0.25) is 19.7 Å². The number of nitrogens with zero attached hydrogens (tertiary/aromatic N) is 1. The molecule has 0 unspecified atom stereocenters. The lowest BCUT2D eigenvalue weighted by molar-refractivity contribution is -0.385. The van der Waals surface area contributed by atoms with Gasteiger partial charge in [-0.15, -0.1) is 0 Å². The van der Waals surface area contributed by atoms with E-state index in [9.17, 15) is 19.7 Å². The van der Waals surface area contributed by atoms with Gasteiger partial charge in [-0.2, -0.15) is 0 Å². The van der Waals surface area contributed by atoms with Gasteiger partial charge in [-0.1, -0.05) is 30.3 Å². The second-order valence-electron chi connectivity index (χ2n) is 5.37. The summed E-state index contributed by atoms with van der Waals surface area (Å²) in [6.07, 6.45) is -0.456. The van der Waals surface area contributed by atoms with Crippen LogP contribution in [0.4, 0.5) is 5.69 Å². The first-order chi connectivity index (χ1) is 12.4. The highest BCUT2D eigenvalue weighted by atomic mass is 16.6. The summed E-state index contributed by atoms with van der Waals surface area (Å²) in [4.78, 5) is 34.3. The van der Waals surface area contributed by atoms with Crippen LogP contribution in [0, 0.1) is 10.1 Å². The van der Waals surface area contributed by atoms with E-state index >= 15 is 0 Å². The number of hydrogen-bond donors (Lipinski definition) is 1. The van der Waals surface area contributed by atoms with Crippen molar-refractivity contribution in [2.45, 2.75) is 13.0 Å². The highest BCUT2D eigenvalue weighted by Crippen LogP contribution is 2.27. The Balaban J connectivity index is 1.95. The number of hydrogen-bond acceptors (Lipinski definition) is 6. The third-order valence-corrected chi connectivity index (χ3v) is 3.61. The van der Waals surface area contributed by atoms with Crippen LogP contribution in [0.3, 0.4) is 0 Å². The number of ether oxygens (including phenoxy) is 2. The molecule has 2 rings (SSSR count). The van der Waals surface area contributed by atoms with Crippen LogP contribution >= 0.6 is 0 Å². The third-order valence-electron chi connectivity index (χ3n) is 3.61. The summed E-state index contributed by atoms with van der Waals surface area (Å²) < 4.78 is 10.1. The molecule has 1 atom stereocenters. The molecule has 0 aliphatic carbocycles. The summed E-state index contributed by atoms with van der Waals surface area (Å²) in [6.45, 7) is 1.37. The van der Waals surface area contributed by atoms with Crippen LogP contribution in [0.15, 0.2) is 48.5 Å². The molecule has 1 N–H and O–H groups in total. The van der Waals surface area contributed by atoms with Crippen LogP contribution in [-0.4, -0.2) is 30.5 Å². The molecule has 8 nitrogen and oxygen atoms in total. The Morgan fingerprint density at radius 3 is 2.50 bits per heavy atom. The van der Waals surface area contributed by atoms with Gasteiger partial charge in [0.25, 0.3) is 5.91 Å². The van der Waals surface area contributed by atoms with Gasteiger partial charge < -0.3 is 14.8 Å². The minimum atomic E-state index is -0.647. The van der Waals surface area contributed by atoms with Crippen molar-refractivity contribution >= 4 is 17.6 Å². The molecular formula is C18H18N2O6. The van der Waals surface area contributed by atoms with Crippen LogP contribution in [-0.2, 0) is 9.53 Å². The molecule has 0 aromatic heterocycles. The molecule has 0 heterocycles. The molecule has 0 aliphatic rings. The fourth-order valence-electron chi connectivity index (χ4n) is 2.26. The maximum atomic E-state index is 12.1. The zero-order chi connectivity index (χ0) is 19.1. The minimum Gasteiger partial charge on any atom is -0.490 e. The molecule has 8 heteroatoms. The molecule has 0 aliphatic heterocycles. The van der Waals surface area contributed by atoms with Crippen molar-refractivity contribution in [1.29, 1.82) is 0 Å². The first-order valence-corrected chi connectivity index (χ1v) is 7.77. The first-order valence-electron chi connectivity index (χ1n) is 7.77. The summed E-state index contributed by atoms with van der Waals surface area (Å²) in [6, 6.07) is 13.0. The van der Waals surface area contributed by atoms with Crippen molar-refractivity contribution in [1.82, 2.24) is 5.32 Å². The fourth-order valence-corrected chi connectivity index (χ4v) is 2.26. The fraction of sp³-hybridized carbons (Fsp3) is 0.222. The number of rotatable bonds is 7. The lowest BCUT2D eigenvalue weighted by Crippen LogP contribution is -2.31. The summed E-state index contributed by atoms with van der Waals surface area (Å²) in [7, 11) is 1.30. The molecule has 0 saturated heterocycles. The summed E-state index contributed by atoms with van der Waals surface area (Å²) >= 11 is 0. The number of esters is 1.